The van der Waals surface area contributed by atoms with Gasteiger partial charge < -0.3 is 10.1 Å². The number of hydrogen-bond donors (Lipinski definition) is 1. The van der Waals surface area contributed by atoms with E-state index in [1.54, 1.807) is 0 Å². The predicted octanol–water partition coefficient (Wildman–Crippen LogP) is 3.77. The van der Waals surface area contributed by atoms with Gasteiger partial charge in [0.2, 0.25) is 5.88 Å². The quantitative estimate of drug-likeness (QED) is 0.725. The Labute approximate surface area is 116 Å². The largest absolute Gasteiger partial charge is 0.477 e. The molecule has 0 radical (unpaired) electrons. The highest BCUT2D eigenvalue weighted by Gasteiger charge is 2.08. The normalized spacial score (nSPS) is 10.6. The fourth-order valence-corrected chi connectivity index (χ4v) is 1.45. The van der Waals surface area contributed by atoms with Crippen molar-refractivity contribution in [3.8, 4) is 5.88 Å². The van der Waals surface area contributed by atoms with Crippen LogP contribution in [0.1, 0.15) is 52.3 Å². The van der Waals surface area contributed by atoms with Gasteiger partial charge in [-0.25, -0.2) is 4.98 Å². The molecule has 0 aromatic carbocycles. The van der Waals surface area contributed by atoms with E-state index < -0.39 is 0 Å². The van der Waals surface area contributed by atoms with Crippen molar-refractivity contribution in [1.82, 2.24) is 9.97 Å². The molecule has 1 aromatic rings. The second-order valence-corrected chi connectivity index (χ2v) is 5.09. The molecule has 0 saturated carbocycles. The summed E-state index contributed by atoms with van der Waals surface area (Å²) in [7, 11) is 0. The van der Waals surface area contributed by atoms with Gasteiger partial charge in [-0.1, -0.05) is 26.3 Å². The maximum atomic E-state index is 5.68. The minimum absolute atomic E-state index is 0.284. The van der Waals surface area contributed by atoms with Crippen molar-refractivity contribution in [3.63, 3.8) is 0 Å². The van der Waals surface area contributed by atoms with Crippen molar-refractivity contribution in [3.05, 3.63) is 24.0 Å². The molecule has 0 fully saturated rings. The van der Waals surface area contributed by atoms with Crippen molar-refractivity contribution in [1.29, 1.82) is 0 Å². The van der Waals surface area contributed by atoms with Crippen molar-refractivity contribution < 1.29 is 4.74 Å². The average Bonchev–Trinajstić information content (AvgIpc) is 2.35. The molecule has 0 unspecified atom stereocenters. The number of hydrogen-bond acceptors (Lipinski definition) is 4. The third-order valence-electron chi connectivity index (χ3n) is 2.57. The highest BCUT2D eigenvalue weighted by Crippen LogP contribution is 2.19. The van der Waals surface area contributed by atoms with Crippen LogP contribution in [0.25, 0.3) is 0 Å². The second kappa shape index (κ2) is 7.77. The molecule has 0 spiro atoms. The summed E-state index contributed by atoms with van der Waals surface area (Å²) in [4.78, 5) is 8.93. The van der Waals surface area contributed by atoms with Crippen molar-refractivity contribution in [2.75, 3.05) is 18.5 Å². The summed E-state index contributed by atoms with van der Waals surface area (Å²) in [6, 6.07) is 1.86. The van der Waals surface area contributed by atoms with Gasteiger partial charge in [0, 0.05) is 24.9 Å². The zero-order chi connectivity index (χ0) is 14.3. The molecule has 0 bridgehead atoms. The molecule has 0 amide bonds. The van der Waals surface area contributed by atoms with Gasteiger partial charge in [0.1, 0.15) is 11.6 Å². The standard InChI is InChI=1S/C15H25N3O/c1-6-8-16-13-10-14(19-9-7-11(2)3)18-15(17-13)12(4)5/h10,12H,2,6-9H2,1,3-5H3,(H,16,17,18). The smallest absolute Gasteiger partial charge is 0.218 e. The Kier molecular flexibility index (Phi) is 6.33. The molecule has 1 aromatic heterocycles. The molecule has 0 aliphatic rings. The maximum Gasteiger partial charge on any atom is 0.218 e. The van der Waals surface area contributed by atoms with Gasteiger partial charge in [0.15, 0.2) is 0 Å². The molecule has 0 atom stereocenters. The summed E-state index contributed by atoms with van der Waals surface area (Å²) >= 11 is 0. The first-order chi connectivity index (χ1) is 9.02. The zero-order valence-electron chi connectivity index (χ0n) is 12.5. The van der Waals surface area contributed by atoms with Crippen molar-refractivity contribution in [2.24, 2.45) is 0 Å². The predicted molar refractivity (Wildman–Crippen MR) is 79.8 cm³/mol. The van der Waals surface area contributed by atoms with Crippen LogP contribution in [-0.2, 0) is 0 Å². The summed E-state index contributed by atoms with van der Waals surface area (Å²) in [5.41, 5.74) is 1.11. The second-order valence-electron chi connectivity index (χ2n) is 5.09. The van der Waals surface area contributed by atoms with Gasteiger partial charge in [0.05, 0.1) is 6.61 Å². The lowest BCUT2D eigenvalue weighted by atomic mass is 10.2. The molecule has 1 rings (SSSR count). The molecule has 1 heterocycles. The van der Waals surface area contributed by atoms with E-state index in [2.05, 4.69) is 42.6 Å². The third kappa shape index (κ3) is 5.73. The fraction of sp³-hybridized carbons (Fsp3) is 0.600. The lowest BCUT2D eigenvalue weighted by molar-refractivity contribution is 0.307. The number of nitrogens with zero attached hydrogens (tertiary/aromatic N) is 2. The molecular weight excluding hydrogens is 238 g/mol. The van der Waals surface area contributed by atoms with E-state index in [1.165, 1.54) is 0 Å². The van der Waals surface area contributed by atoms with Crippen LogP contribution < -0.4 is 10.1 Å². The third-order valence-corrected chi connectivity index (χ3v) is 2.57. The van der Waals surface area contributed by atoms with Crippen LogP contribution in [0.5, 0.6) is 5.88 Å². The highest BCUT2D eigenvalue weighted by molar-refractivity contribution is 5.38. The minimum atomic E-state index is 0.284. The van der Waals surface area contributed by atoms with Gasteiger partial charge in [-0.3, -0.25) is 0 Å². The Morgan fingerprint density at radius 2 is 2.16 bits per heavy atom. The molecule has 0 aliphatic carbocycles. The van der Waals surface area contributed by atoms with Gasteiger partial charge in [-0.2, -0.15) is 4.98 Å². The van der Waals surface area contributed by atoms with Crippen LogP contribution >= 0.6 is 0 Å². The molecule has 1 N–H and O–H groups in total. The topological polar surface area (TPSA) is 47.0 Å². The SMILES string of the molecule is C=C(C)CCOc1cc(NCCC)nc(C(C)C)n1. The van der Waals surface area contributed by atoms with E-state index in [-0.39, 0.29) is 5.92 Å². The summed E-state index contributed by atoms with van der Waals surface area (Å²) in [5, 5.41) is 3.28. The molecule has 4 nitrogen and oxygen atoms in total. The number of aromatic nitrogens is 2. The van der Waals surface area contributed by atoms with Gasteiger partial charge in [-0.15, -0.1) is 6.58 Å². The van der Waals surface area contributed by atoms with Gasteiger partial charge in [-0.05, 0) is 13.3 Å². The Hall–Kier alpha value is -1.58. The van der Waals surface area contributed by atoms with Crippen LogP contribution in [-0.4, -0.2) is 23.1 Å². The number of anilines is 1. The molecule has 0 aliphatic heterocycles. The monoisotopic (exact) mass is 263 g/mol. The molecule has 106 valence electrons. The molecule has 19 heavy (non-hydrogen) atoms. The van der Waals surface area contributed by atoms with Crippen molar-refractivity contribution >= 4 is 5.82 Å². The number of nitrogens with one attached hydrogen (secondary N) is 1. The van der Waals surface area contributed by atoms with Crippen LogP contribution in [0.15, 0.2) is 18.2 Å². The van der Waals surface area contributed by atoms with E-state index in [0.717, 1.165) is 36.6 Å². The van der Waals surface area contributed by atoms with Gasteiger partial charge in [0.25, 0.3) is 0 Å². The van der Waals surface area contributed by atoms with Gasteiger partial charge >= 0.3 is 0 Å². The van der Waals surface area contributed by atoms with Crippen LogP contribution in [0.2, 0.25) is 0 Å². The zero-order valence-corrected chi connectivity index (χ0v) is 12.5. The van der Waals surface area contributed by atoms with Crippen LogP contribution in [0.4, 0.5) is 5.82 Å². The van der Waals surface area contributed by atoms with E-state index in [9.17, 15) is 0 Å². The van der Waals surface area contributed by atoms with E-state index in [4.69, 9.17) is 4.74 Å². The summed E-state index contributed by atoms with van der Waals surface area (Å²) < 4.78 is 5.68. The molecular formula is C15H25N3O. The van der Waals surface area contributed by atoms with E-state index in [0.29, 0.717) is 12.5 Å². The minimum Gasteiger partial charge on any atom is -0.477 e. The Morgan fingerprint density at radius 1 is 1.42 bits per heavy atom. The fourth-order valence-electron chi connectivity index (χ4n) is 1.45. The molecule has 4 heteroatoms. The first-order valence-corrected chi connectivity index (χ1v) is 6.93. The summed E-state index contributed by atoms with van der Waals surface area (Å²) in [6.45, 7) is 13.7. The first-order valence-electron chi connectivity index (χ1n) is 6.93. The Balaban J connectivity index is 2.77. The lowest BCUT2D eigenvalue weighted by Gasteiger charge is -2.12. The Morgan fingerprint density at radius 3 is 2.74 bits per heavy atom. The highest BCUT2D eigenvalue weighted by atomic mass is 16.5. The molecule has 0 saturated heterocycles. The number of rotatable bonds is 8. The van der Waals surface area contributed by atoms with E-state index >= 15 is 0 Å². The summed E-state index contributed by atoms with van der Waals surface area (Å²) in [6.07, 6.45) is 1.91. The van der Waals surface area contributed by atoms with Crippen LogP contribution in [0.3, 0.4) is 0 Å². The summed E-state index contributed by atoms with van der Waals surface area (Å²) in [5.74, 6) is 2.57. The maximum absolute atomic E-state index is 5.68. The lowest BCUT2D eigenvalue weighted by Crippen LogP contribution is -2.08. The van der Waals surface area contributed by atoms with Crippen molar-refractivity contribution in [2.45, 2.75) is 46.5 Å². The average molecular weight is 263 g/mol. The Bertz CT molecular complexity index is 416. The van der Waals surface area contributed by atoms with Crippen LogP contribution in [0, 0.1) is 0 Å². The van der Waals surface area contributed by atoms with E-state index in [1.807, 2.05) is 13.0 Å². The first kappa shape index (κ1) is 15.5. The number of ether oxygens (including phenoxy) is 1.